The summed E-state index contributed by atoms with van der Waals surface area (Å²) in [7, 11) is 0. The molecule has 0 bridgehead atoms. The Hall–Kier alpha value is -6.90. The summed E-state index contributed by atoms with van der Waals surface area (Å²) in [5, 5.41) is 7.11. The molecule has 0 aliphatic carbocycles. The Kier molecular flexibility index (Phi) is 7.18. The summed E-state index contributed by atoms with van der Waals surface area (Å²) < 4.78 is 6.45. The fourth-order valence-corrected chi connectivity index (χ4v) is 7.71. The molecule has 0 N–H and O–H groups in total. The Morgan fingerprint density at radius 3 is 1.73 bits per heavy atom. The highest BCUT2D eigenvalue weighted by Gasteiger charge is 2.17. The molecule has 2 heteroatoms. The molecule has 0 saturated carbocycles. The van der Waals surface area contributed by atoms with E-state index in [1.165, 1.54) is 54.9 Å². The molecule has 10 rings (SSSR count). The number of hydrogen-bond acceptors (Lipinski definition) is 2. The number of anilines is 3. The van der Waals surface area contributed by atoms with Crippen LogP contribution in [-0.2, 0) is 0 Å². The summed E-state index contributed by atoms with van der Waals surface area (Å²) in [4.78, 5) is 2.34. The fraction of sp³-hybridized carbons (Fsp3) is 0. The van der Waals surface area contributed by atoms with Crippen LogP contribution < -0.4 is 4.90 Å². The Balaban J connectivity index is 1.09. The third kappa shape index (κ3) is 5.21. The van der Waals surface area contributed by atoms with Crippen LogP contribution in [0.3, 0.4) is 0 Å². The molecule has 1 aromatic heterocycles. The van der Waals surface area contributed by atoms with Crippen LogP contribution in [0.4, 0.5) is 17.1 Å². The lowest BCUT2D eigenvalue weighted by atomic mass is 9.92. The van der Waals surface area contributed by atoms with E-state index >= 15 is 0 Å². The van der Waals surface area contributed by atoms with Crippen LogP contribution in [0.1, 0.15) is 0 Å². The van der Waals surface area contributed by atoms with Gasteiger partial charge in [-0.2, -0.15) is 0 Å². The first-order valence-corrected chi connectivity index (χ1v) is 17.8. The molecule has 10 aromatic rings. The SMILES string of the molecule is c1ccc(-c2cccc(N(c3ccccc3)c3ccc4cc(-c5ccc6c(-c7ccccc7)cc7oc8ccccc8c7c6c5)ccc4c3)c2)cc1. The van der Waals surface area contributed by atoms with E-state index in [0.29, 0.717) is 0 Å². The van der Waals surface area contributed by atoms with Gasteiger partial charge < -0.3 is 9.32 Å². The predicted molar refractivity (Wildman–Crippen MR) is 220 cm³/mol. The van der Waals surface area contributed by atoms with E-state index in [-0.39, 0.29) is 0 Å². The molecule has 0 saturated heterocycles. The van der Waals surface area contributed by atoms with Crippen LogP contribution >= 0.6 is 0 Å². The van der Waals surface area contributed by atoms with Gasteiger partial charge in [0.1, 0.15) is 11.2 Å². The first kappa shape index (κ1) is 30.0. The van der Waals surface area contributed by atoms with Crippen LogP contribution in [0.15, 0.2) is 205 Å². The number of fused-ring (bicyclic) bond motifs is 6. The third-order valence-corrected chi connectivity index (χ3v) is 10.2. The van der Waals surface area contributed by atoms with Crippen molar-refractivity contribution in [1.82, 2.24) is 0 Å². The maximum atomic E-state index is 6.45. The molecule has 0 amide bonds. The summed E-state index contributed by atoms with van der Waals surface area (Å²) in [5.74, 6) is 0. The molecule has 0 radical (unpaired) electrons. The molecule has 9 aromatic carbocycles. The second-order valence-corrected chi connectivity index (χ2v) is 13.4. The van der Waals surface area contributed by atoms with Gasteiger partial charge in [-0.15, -0.1) is 0 Å². The molecule has 0 atom stereocenters. The Morgan fingerprint density at radius 2 is 0.904 bits per heavy atom. The second-order valence-electron chi connectivity index (χ2n) is 13.4. The van der Waals surface area contributed by atoms with Crippen molar-refractivity contribution in [2.75, 3.05) is 4.90 Å². The number of nitrogens with zero attached hydrogens (tertiary/aromatic N) is 1. The first-order valence-electron chi connectivity index (χ1n) is 17.8. The average molecular weight is 664 g/mol. The molecule has 2 nitrogen and oxygen atoms in total. The van der Waals surface area contributed by atoms with Crippen molar-refractivity contribution < 1.29 is 4.42 Å². The van der Waals surface area contributed by atoms with Crippen molar-refractivity contribution in [3.63, 3.8) is 0 Å². The van der Waals surface area contributed by atoms with E-state index in [4.69, 9.17) is 4.42 Å². The molecular formula is C50H33NO. The molecule has 1 heterocycles. The molecule has 0 aliphatic rings. The van der Waals surface area contributed by atoms with Gasteiger partial charge in [0.2, 0.25) is 0 Å². The minimum atomic E-state index is 0.910. The summed E-state index contributed by atoms with van der Waals surface area (Å²) >= 11 is 0. The van der Waals surface area contributed by atoms with E-state index < -0.39 is 0 Å². The molecule has 0 spiro atoms. The average Bonchev–Trinajstić information content (AvgIpc) is 3.60. The Labute approximate surface area is 302 Å². The zero-order chi connectivity index (χ0) is 34.4. The number of furan rings is 1. The Morgan fingerprint density at radius 1 is 0.308 bits per heavy atom. The van der Waals surface area contributed by atoms with Crippen LogP contribution in [-0.4, -0.2) is 0 Å². The molecule has 52 heavy (non-hydrogen) atoms. The van der Waals surface area contributed by atoms with Crippen molar-refractivity contribution >= 4 is 60.5 Å². The summed E-state index contributed by atoms with van der Waals surface area (Å²) in [6, 6.07) is 71.6. The summed E-state index contributed by atoms with van der Waals surface area (Å²) in [5.41, 5.74) is 12.3. The van der Waals surface area contributed by atoms with Crippen LogP contribution in [0, 0.1) is 0 Å². The highest BCUT2D eigenvalue weighted by Crippen LogP contribution is 2.42. The van der Waals surface area contributed by atoms with Gasteiger partial charge in [0, 0.05) is 27.8 Å². The van der Waals surface area contributed by atoms with E-state index in [1.807, 2.05) is 6.07 Å². The lowest BCUT2D eigenvalue weighted by Crippen LogP contribution is -2.09. The van der Waals surface area contributed by atoms with Gasteiger partial charge in [0.15, 0.2) is 0 Å². The van der Waals surface area contributed by atoms with Crippen LogP contribution in [0.25, 0.3) is 76.9 Å². The monoisotopic (exact) mass is 663 g/mol. The summed E-state index contributed by atoms with van der Waals surface area (Å²) in [6.45, 7) is 0. The zero-order valence-electron chi connectivity index (χ0n) is 28.4. The number of benzene rings is 9. The van der Waals surface area contributed by atoms with Gasteiger partial charge in [0.05, 0.1) is 0 Å². The number of rotatable bonds is 6. The van der Waals surface area contributed by atoms with Gasteiger partial charge in [0.25, 0.3) is 0 Å². The van der Waals surface area contributed by atoms with Crippen molar-refractivity contribution in [3.05, 3.63) is 200 Å². The van der Waals surface area contributed by atoms with Crippen molar-refractivity contribution in [1.29, 1.82) is 0 Å². The van der Waals surface area contributed by atoms with Crippen LogP contribution in [0.5, 0.6) is 0 Å². The lowest BCUT2D eigenvalue weighted by Gasteiger charge is -2.26. The van der Waals surface area contributed by atoms with Gasteiger partial charge in [-0.3, -0.25) is 0 Å². The van der Waals surface area contributed by atoms with Gasteiger partial charge in [-0.25, -0.2) is 0 Å². The van der Waals surface area contributed by atoms with E-state index in [1.54, 1.807) is 0 Å². The van der Waals surface area contributed by atoms with E-state index in [9.17, 15) is 0 Å². The maximum Gasteiger partial charge on any atom is 0.136 e. The molecular weight excluding hydrogens is 631 g/mol. The first-order chi connectivity index (χ1) is 25.8. The Bertz CT molecular complexity index is 2890. The van der Waals surface area contributed by atoms with E-state index in [2.05, 4.69) is 199 Å². The molecule has 0 unspecified atom stereocenters. The number of hydrogen-bond donors (Lipinski definition) is 0. The van der Waals surface area contributed by atoms with Crippen LogP contribution in [0.2, 0.25) is 0 Å². The van der Waals surface area contributed by atoms with E-state index in [0.717, 1.165) is 39.0 Å². The predicted octanol–water partition coefficient (Wildman–Crippen LogP) is 14.4. The normalized spacial score (nSPS) is 11.5. The lowest BCUT2D eigenvalue weighted by molar-refractivity contribution is 0.669. The van der Waals surface area contributed by atoms with Crippen molar-refractivity contribution in [3.8, 4) is 33.4 Å². The fourth-order valence-electron chi connectivity index (χ4n) is 7.71. The number of para-hydroxylation sites is 2. The minimum Gasteiger partial charge on any atom is -0.456 e. The topological polar surface area (TPSA) is 16.4 Å². The summed E-state index contributed by atoms with van der Waals surface area (Å²) in [6.07, 6.45) is 0. The quantitative estimate of drug-likeness (QED) is 0.176. The molecule has 0 fully saturated rings. The van der Waals surface area contributed by atoms with Gasteiger partial charge in [-0.05, 0) is 116 Å². The third-order valence-electron chi connectivity index (χ3n) is 10.2. The smallest absolute Gasteiger partial charge is 0.136 e. The molecule has 0 aliphatic heterocycles. The zero-order valence-corrected chi connectivity index (χ0v) is 28.4. The highest BCUT2D eigenvalue weighted by atomic mass is 16.3. The maximum absolute atomic E-state index is 6.45. The molecule has 244 valence electrons. The highest BCUT2D eigenvalue weighted by molar-refractivity contribution is 6.22. The van der Waals surface area contributed by atoms with Crippen molar-refractivity contribution in [2.45, 2.75) is 0 Å². The van der Waals surface area contributed by atoms with Gasteiger partial charge >= 0.3 is 0 Å². The minimum absolute atomic E-state index is 0.910. The standard InChI is InChI=1S/C50H33NO/c1-4-13-34(14-5-1)36-17-12-20-42(30-36)51(41-18-8-3-9-19-41)43-27-25-38-29-37(23-24-39(38)31-43)40-26-28-44-46(35-15-6-2-7-16-35)33-49-50(47(44)32-40)45-21-10-11-22-48(45)52-49/h1-33H. The second kappa shape index (κ2) is 12.5. The van der Waals surface area contributed by atoms with Gasteiger partial charge in [-0.1, -0.05) is 140 Å². The van der Waals surface area contributed by atoms with Crippen molar-refractivity contribution in [2.24, 2.45) is 0 Å². The largest absolute Gasteiger partial charge is 0.456 e.